The summed E-state index contributed by atoms with van der Waals surface area (Å²) < 4.78 is 1.67. The molecule has 3 aromatic heterocycles. The van der Waals surface area contributed by atoms with Crippen molar-refractivity contribution in [3.05, 3.63) is 46.7 Å². The predicted molar refractivity (Wildman–Crippen MR) is 86.4 cm³/mol. The molecule has 3 heterocycles. The van der Waals surface area contributed by atoms with Gasteiger partial charge in [0.05, 0.1) is 11.7 Å². The molecular weight excluding hydrogens is 294 g/mol. The van der Waals surface area contributed by atoms with Gasteiger partial charge in [-0.05, 0) is 6.92 Å². The molecule has 23 heavy (non-hydrogen) atoms. The Labute approximate surface area is 133 Å². The summed E-state index contributed by atoms with van der Waals surface area (Å²) in [5.74, 6) is 1.35. The Morgan fingerprint density at radius 1 is 1.26 bits per heavy atom. The molecule has 8 nitrogen and oxygen atoms in total. The topological polar surface area (TPSA) is 101 Å². The molecule has 1 atom stereocenters. The third-order valence-electron chi connectivity index (χ3n) is 3.55. The van der Waals surface area contributed by atoms with Crippen molar-refractivity contribution in [3.8, 4) is 0 Å². The Bertz CT molecular complexity index is 890. The Kier molecular flexibility index (Phi) is 3.59. The maximum Gasteiger partial charge on any atom is 0.293 e. The number of aromatic nitrogens is 6. The maximum atomic E-state index is 11.7. The molecule has 0 aliphatic heterocycles. The molecule has 0 fully saturated rings. The predicted octanol–water partition coefficient (Wildman–Crippen LogP) is 1.68. The lowest BCUT2D eigenvalue weighted by molar-refractivity contribution is 0.567. The number of hydrogen-bond acceptors (Lipinski definition) is 6. The highest BCUT2D eigenvalue weighted by Gasteiger charge is 2.18. The molecule has 0 bridgehead atoms. The lowest BCUT2D eigenvalue weighted by atomic mass is 9.92. The van der Waals surface area contributed by atoms with Gasteiger partial charge in [0.1, 0.15) is 12.1 Å². The molecule has 2 N–H and O–H groups in total. The molecule has 0 aliphatic rings. The van der Waals surface area contributed by atoms with E-state index in [1.807, 2.05) is 13.0 Å². The zero-order valence-electron chi connectivity index (χ0n) is 13.5. The summed E-state index contributed by atoms with van der Waals surface area (Å²) in [6.07, 6.45) is 4.84. The average Bonchev–Trinajstić information content (AvgIpc) is 2.92. The Morgan fingerprint density at radius 3 is 2.78 bits per heavy atom. The van der Waals surface area contributed by atoms with Crippen LogP contribution < -0.4 is 10.9 Å². The molecule has 0 aliphatic carbocycles. The van der Waals surface area contributed by atoms with Crippen LogP contribution in [0, 0.1) is 0 Å². The van der Waals surface area contributed by atoms with Gasteiger partial charge in [-0.1, -0.05) is 20.8 Å². The second-order valence-electron chi connectivity index (χ2n) is 6.45. The maximum absolute atomic E-state index is 11.7. The first-order valence-electron chi connectivity index (χ1n) is 7.37. The standard InChI is InChI=1S/C15H19N7O/c1-9(12-20-21-13-14(23)16-5-6-22(12)13)19-11-7-10(15(2,3)4)17-8-18-11/h5-9H,1-4H3,(H,16,23)(H,17,18,19). The summed E-state index contributed by atoms with van der Waals surface area (Å²) in [5, 5.41) is 11.3. The quantitative estimate of drug-likeness (QED) is 0.763. The van der Waals surface area contributed by atoms with E-state index in [-0.39, 0.29) is 22.7 Å². The Balaban J connectivity index is 1.91. The second-order valence-corrected chi connectivity index (χ2v) is 6.45. The van der Waals surface area contributed by atoms with Gasteiger partial charge in [0.25, 0.3) is 5.56 Å². The number of anilines is 1. The monoisotopic (exact) mass is 313 g/mol. The zero-order valence-corrected chi connectivity index (χ0v) is 13.5. The Morgan fingerprint density at radius 2 is 2.04 bits per heavy atom. The number of nitrogens with zero attached hydrogens (tertiary/aromatic N) is 5. The summed E-state index contributed by atoms with van der Waals surface area (Å²) in [5.41, 5.74) is 0.895. The Hall–Kier alpha value is -2.77. The molecule has 3 rings (SSSR count). The minimum absolute atomic E-state index is 0.0581. The molecule has 8 heteroatoms. The number of aromatic amines is 1. The third kappa shape index (κ3) is 2.92. The fraction of sp³-hybridized carbons (Fsp3) is 0.400. The molecule has 1 unspecified atom stereocenters. The van der Waals surface area contributed by atoms with Gasteiger partial charge < -0.3 is 10.3 Å². The van der Waals surface area contributed by atoms with Crippen LogP contribution in [0.2, 0.25) is 0 Å². The van der Waals surface area contributed by atoms with Crippen molar-refractivity contribution in [2.45, 2.75) is 39.2 Å². The van der Waals surface area contributed by atoms with Gasteiger partial charge in [0.2, 0.25) is 5.65 Å². The van der Waals surface area contributed by atoms with Crippen LogP contribution in [0.4, 0.5) is 5.82 Å². The normalized spacial score (nSPS) is 13.2. The first-order chi connectivity index (χ1) is 10.9. The minimum Gasteiger partial charge on any atom is -0.360 e. The zero-order chi connectivity index (χ0) is 16.6. The van der Waals surface area contributed by atoms with Crippen LogP contribution in [0.15, 0.2) is 29.6 Å². The van der Waals surface area contributed by atoms with Crippen molar-refractivity contribution >= 4 is 11.5 Å². The molecule has 0 radical (unpaired) electrons. The summed E-state index contributed by atoms with van der Waals surface area (Å²) in [6.45, 7) is 8.24. The van der Waals surface area contributed by atoms with E-state index in [0.29, 0.717) is 11.6 Å². The van der Waals surface area contributed by atoms with Gasteiger partial charge in [-0.3, -0.25) is 9.20 Å². The third-order valence-corrected chi connectivity index (χ3v) is 3.55. The lowest BCUT2D eigenvalue weighted by Gasteiger charge is -2.19. The van der Waals surface area contributed by atoms with Crippen LogP contribution in [-0.4, -0.2) is 29.5 Å². The first kappa shape index (κ1) is 15.1. The van der Waals surface area contributed by atoms with Gasteiger partial charge in [-0.15, -0.1) is 10.2 Å². The van der Waals surface area contributed by atoms with Crippen LogP contribution in [0.25, 0.3) is 5.65 Å². The van der Waals surface area contributed by atoms with Crippen LogP contribution in [0.1, 0.15) is 45.3 Å². The molecule has 0 saturated carbocycles. The summed E-state index contributed by atoms with van der Waals surface area (Å²) in [6, 6.07) is 1.75. The summed E-state index contributed by atoms with van der Waals surface area (Å²) in [4.78, 5) is 22.9. The largest absolute Gasteiger partial charge is 0.360 e. The van der Waals surface area contributed by atoms with Crippen LogP contribution in [0.3, 0.4) is 0 Å². The van der Waals surface area contributed by atoms with Gasteiger partial charge in [-0.2, -0.15) is 0 Å². The fourth-order valence-electron chi connectivity index (χ4n) is 2.29. The molecule has 120 valence electrons. The van der Waals surface area contributed by atoms with Crippen LogP contribution >= 0.6 is 0 Å². The van der Waals surface area contributed by atoms with Gasteiger partial charge in [-0.25, -0.2) is 9.97 Å². The van der Waals surface area contributed by atoms with Gasteiger partial charge >= 0.3 is 0 Å². The minimum atomic E-state index is -0.268. The number of hydrogen-bond donors (Lipinski definition) is 2. The van der Waals surface area contributed by atoms with E-state index in [2.05, 4.69) is 51.2 Å². The van der Waals surface area contributed by atoms with E-state index in [0.717, 1.165) is 5.69 Å². The number of rotatable bonds is 3. The van der Waals surface area contributed by atoms with Gasteiger partial charge in [0, 0.05) is 23.9 Å². The van der Waals surface area contributed by atoms with E-state index in [1.165, 1.54) is 0 Å². The van der Waals surface area contributed by atoms with E-state index >= 15 is 0 Å². The molecule has 0 saturated heterocycles. The molecule has 0 spiro atoms. The van der Waals surface area contributed by atoms with Crippen molar-refractivity contribution in [2.75, 3.05) is 5.32 Å². The fourth-order valence-corrected chi connectivity index (χ4v) is 2.29. The molecule has 3 aromatic rings. The number of nitrogens with one attached hydrogen (secondary N) is 2. The van der Waals surface area contributed by atoms with Crippen molar-refractivity contribution in [1.82, 2.24) is 29.5 Å². The van der Waals surface area contributed by atoms with E-state index in [9.17, 15) is 4.79 Å². The lowest BCUT2D eigenvalue weighted by Crippen LogP contribution is -2.17. The smallest absolute Gasteiger partial charge is 0.293 e. The molecule has 0 aromatic carbocycles. The summed E-state index contributed by atoms with van der Waals surface area (Å²) >= 11 is 0. The van der Waals surface area contributed by atoms with Gasteiger partial charge in [0.15, 0.2) is 5.82 Å². The number of H-pyrrole nitrogens is 1. The molecule has 0 amide bonds. The molecular formula is C15H19N7O. The van der Waals surface area contributed by atoms with Crippen molar-refractivity contribution < 1.29 is 0 Å². The van der Waals surface area contributed by atoms with Crippen molar-refractivity contribution in [2.24, 2.45) is 0 Å². The highest BCUT2D eigenvalue weighted by atomic mass is 16.1. The SMILES string of the molecule is CC(Nc1cc(C(C)(C)C)ncn1)c1nnc2c(=O)[nH]ccn12. The van der Waals surface area contributed by atoms with Crippen LogP contribution in [-0.2, 0) is 5.41 Å². The van der Waals surface area contributed by atoms with E-state index in [4.69, 9.17) is 0 Å². The highest BCUT2D eigenvalue weighted by Crippen LogP contribution is 2.23. The highest BCUT2D eigenvalue weighted by molar-refractivity contribution is 5.40. The van der Waals surface area contributed by atoms with Crippen molar-refractivity contribution in [1.29, 1.82) is 0 Å². The van der Waals surface area contributed by atoms with Crippen molar-refractivity contribution in [3.63, 3.8) is 0 Å². The van der Waals surface area contributed by atoms with E-state index in [1.54, 1.807) is 23.1 Å². The average molecular weight is 313 g/mol. The van der Waals surface area contributed by atoms with E-state index < -0.39 is 0 Å². The number of fused-ring (bicyclic) bond motifs is 1. The second kappa shape index (κ2) is 5.45. The summed E-state index contributed by atoms with van der Waals surface area (Å²) in [7, 11) is 0. The first-order valence-corrected chi connectivity index (χ1v) is 7.37. The van der Waals surface area contributed by atoms with Crippen LogP contribution in [0.5, 0.6) is 0 Å².